The van der Waals surface area contributed by atoms with Gasteiger partial charge in [-0.05, 0) is 61.4 Å². The monoisotopic (exact) mass is 323 g/mol. The van der Waals surface area contributed by atoms with Crippen LogP contribution in [0.2, 0.25) is 0 Å². The molecule has 2 bridgehead atoms. The van der Waals surface area contributed by atoms with Crippen LogP contribution in [0.25, 0.3) is 0 Å². The largest absolute Gasteiger partial charge is 0.468 e. The molecule has 3 aliphatic rings. The van der Waals surface area contributed by atoms with Gasteiger partial charge in [0.2, 0.25) is 0 Å². The van der Waals surface area contributed by atoms with Crippen LogP contribution in [-0.4, -0.2) is 28.7 Å². The first kappa shape index (κ1) is 14.7. The molecule has 2 aromatic rings. The molecule has 1 N–H and O–H groups in total. The lowest BCUT2D eigenvalue weighted by atomic mass is 9.51. The fourth-order valence-corrected chi connectivity index (χ4v) is 5.89. The van der Waals surface area contributed by atoms with Crippen LogP contribution in [0.3, 0.4) is 0 Å². The van der Waals surface area contributed by atoms with E-state index in [-0.39, 0.29) is 11.5 Å². The van der Waals surface area contributed by atoms with Gasteiger partial charge in [0.05, 0.1) is 18.9 Å². The smallest absolute Gasteiger partial charge is 0.117 e. The molecule has 1 saturated carbocycles. The maximum atomic E-state index is 11.1. The van der Waals surface area contributed by atoms with Crippen molar-refractivity contribution in [3.63, 3.8) is 0 Å². The van der Waals surface area contributed by atoms with Gasteiger partial charge in [0, 0.05) is 11.5 Å². The van der Waals surface area contributed by atoms with E-state index in [0.29, 0.717) is 12.0 Å². The number of aliphatic hydroxyl groups excluding tert-OH is 1. The number of piperidine rings is 1. The highest BCUT2D eigenvalue weighted by Crippen LogP contribution is 2.55. The SMILES string of the molecule is OC1CCC[C@H]2[C@H]3Cc4ccccc4[C@@]12CCN3Cc1ccco1. The molecule has 0 amide bonds. The lowest BCUT2D eigenvalue weighted by molar-refractivity contribution is -0.0849. The quantitative estimate of drug-likeness (QED) is 0.919. The summed E-state index contributed by atoms with van der Waals surface area (Å²) in [6.45, 7) is 1.94. The minimum Gasteiger partial charge on any atom is -0.468 e. The Balaban J connectivity index is 1.57. The second kappa shape index (κ2) is 5.47. The van der Waals surface area contributed by atoms with Gasteiger partial charge in [-0.25, -0.2) is 0 Å². The van der Waals surface area contributed by atoms with Crippen LogP contribution < -0.4 is 0 Å². The van der Waals surface area contributed by atoms with E-state index in [4.69, 9.17) is 4.42 Å². The molecule has 3 nitrogen and oxygen atoms in total. The summed E-state index contributed by atoms with van der Waals surface area (Å²) in [6.07, 6.45) is 7.10. The van der Waals surface area contributed by atoms with Gasteiger partial charge in [0.25, 0.3) is 0 Å². The molecule has 2 aliphatic carbocycles. The van der Waals surface area contributed by atoms with Gasteiger partial charge < -0.3 is 9.52 Å². The first-order valence-electron chi connectivity index (χ1n) is 9.32. The number of likely N-dealkylation sites (tertiary alicyclic amines) is 1. The number of hydrogen-bond acceptors (Lipinski definition) is 3. The van der Waals surface area contributed by atoms with Crippen LogP contribution in [0, 0.1) is 5.92 Å². The number of furan rings is 1. The molecule has 1 aliphatic heterocycles. The van der Waals surface area contributed by atoms with Crippen molar-refractivity contribution in [2.75, 3.05) is 6.54 Å². The van der Waals surface area contributed by atoms with Crippen molar-refractivity contribution in [1.82, 2.24) is 4.90 Å². The summed E-state index contributed by atoms with van der Waals surface area (Å²) in [5, 5.41) is 11.1. The Bertz CT molecular complexity index is 725. The Morgan fingerprint density at radius 3 is 2.96 bits per heavy atom. The summed E-state index contributed by atoms with van der Waals surface area (Å²) >= 11 is 0. The van der Waals surface area contributed by atoms with Crippen LogP contribution in [-0.2, 0) is 18.4 Å². The van der Waals surface area contributed by atoms with Crippen LogP contribution in [0.1, 0.15) is 42.6 Å². The van der Waals surface area contributed by atoms with Crippen molar-refractivity contribution < 1.29 is 9.52 Å². The number of nitrogens with zero attached hydrogens (tertiary/aromatic N) is 1. The first-order chi connectivity index (χ1) is 11.8. The third-order valence-corrected chi connectivity index (χ3v) is 6.88. The molecule has 1 saturated heterocycles. The summed E-state index contributed by atoms with van der Waals surface area (Å²) in [7, 11) is 0. The Hall–Kier alpha value is -1.58. The van der Waals surface area contributed by atoms with Gasteiger partial charge in [-0.15, -0.1) is 0 Å². The Labute approximate surface area is 143 Å². The highest BCUT2D eigenvalue weighted by molar-refractivity contribution is 5.42. The van der Waals surface area contributed by atoms with Gasteiger partial charge in [0.1, 0.15) is 5.76 Å². The average Bonchev–Trinajstić information content (AvgIpc) is 3.11. The van der Waals surface area contributed by atoms with E-state index in [2.05, 4.69) is 35.2 Å². The van der Waals surface area contributed by atoms with Crippen molar-refractivity contribution >= 4 is 0 Å². The van der Waals surface area contributed by atoms with E-state index >= 15 is 0 Å². The lowest BCUT2D eigenvalue weighted by Gasteiger charge is -2.60. The van der Waals surface area contributed by atoms with Crippen LogP contribution >= 0.6 is 0 Å². The molecule has 5 rings (SSSR count). The average molecular weight is 323 g/mol. The van der Waals surface area contributed by atoms with Crippen molar-refractivity contribution in [3.8, 4) is 0 Å². The fourth-order valence-electron chi connectivity index (χ4n) is 5.89. The fraction of sp³-hybridized carbons (Fsp3) is 0.524. The normalized spacial score (nSPS) is 35.3. The molecule has 2 fully saturated rings. The standard InChI is InChI=1S/C21H25NO2/c23-20-9-3-8-18-19-13-15-5-1-2-7-17(15)21(18,20)10-11-22(19)14-16-6-4-12-24-16/h1-2,4-7,12,18-20,23H,3,8-11,13-14H2/t18-,19+,20?,21+/m0/s1. The van der Waals surface area contributed by atoms with Crippen LogP contribution in [0.5, 0.6) is 0 Å². The molecule has 1 aromatic heterocycles. The zero-order chi connectivity index (χ0) is 16.1. The molecule has 2 heterocycles. The number of benzene rings is 1. The third kappa shape index (κ3) is 1.98. The minimum atomic E-state index is -0.189. The Kier molecular flexibility index (Phi) is 3.36. The molecule has 0 spiro atoms. The predicted octanol–water partition coefficient (Wildman–Crippen LogP) is 3.51. The van der Waals surface area contributed by atoms with E-state index < -0.39 is 0 Å². The predicted molar refractivity (Wildman–Crippen MR) is 92.7 cm³/mol. The second-order valence-electron chi connectivity index (χ2n) is 7.82. The van der Waals surface area contributed by atoms with Crippen molar-refractivity contribution in [2.45, 2.75) is 56.2 Å². The Morgan fingerprint density at radius 1 is 1.17 bits per heavy atom. The zero-order valence-corrected chi connectivity index (χ0v) is 14.0. The number of rotatable bonds is 2. The van der Waals surface area contributed by atoms with E-state index in [9.17, 15) is 5.11 Å². The molecular formula is C21H25NO2. The highest BCUT2D eigenvalue weighted by Gasteiger charge is 2.57. The number of fused-ring (bicyclic) bond motifs is 1. The molecule has 1 unspecified atom stereocenters. The third-order valence-electron chi connectivity index (χ3n) is 6.88. The molecule has 0 radical (unpaired) electrons. The molecular weight excluding hydrogens is 298 g/mol. The molecule has 3 heteroatoms. The van der Waals surface area contributed by atoms with Crippen LogP contribution in [0.15, 0.2) is 47.1 Å². The van der Waals surface area contributed by atoms with E-state index in [1.54, 1.807) is 6.26 Å². The molecule has 24 heavy (non-hydrogen) atoms. The van der Waals surface area contributed by atoms with Crippen molar-refractivity contribution in [3.05, 3.63) is 59.5 Å². The van der Waals surface area contributed by atoms with Crippen LogP contribution in [0.4, 0.5) is 0 Å². The zero-order valence-electron chi connectivity index (χ0n) is 14.0. The van der Waals surface area contributed by atoms with E-state index in [1.807, 2.05) is 6.07 Å². The lowest BCUT2D eigenvalue weighted by Crippen LogP contribution is -2.64. The number of aliphatic hydroxyl groups is 1. The van der Waals surface area contributed by atoms with Crippen molar-refractivity contribution in [2.24, 2.45) is 5.92 Å². The van der Waals surface area contributed by atoms with Crippen molar-refractivity contribution in [1.29, 1.82) is 0 Å². The number of hydrogen-bond donors (Lipinski definition) is 1. The van der Waals surface area contributed by atoms with Gasteiger partial charge in [-0.3, -0.25) is 4.90 Å². The molecule has 4 atom stereocenters. The minimum absolute atomic E-state index is 0.0164. The van der Waals surface area contributed by atoms with Gasteiger partial charge in [-0.1, -0.05) is 30.7 Å². The summed E-state index contributed by atoms with van der Waals surface area (Å²) in [5.74, 6) is 1.62. The van der Waals surface area contributed by atoms with E-state index in [0.717, 1.165) is 44.5 Å². The van der Waals surface area contributed by atoms with Gasteiger partial charge >= 0.3 is 0 Å². The summed E-state index contributed by atoms with van der Waals surface area (Å²) < 4.78 is 5.61. The molecule has 126 valence electrons. The summed E-state index contributed by atoms with van der Waals surface area (Å²) in [4.78, 5) is 2.61. The molecule has 1 aromatic carbocycles. The topological polar surface area (TPSA) is 36.6 Å². The van der Waals surface area contributed by atoms with Gasteiger partial charge in [0.15, 0.2) is 0 Å². The summed E-state index contributed by atoms with van der Waals surface area (Å²) in [5.41, 5.74) is 2.87. The summed E-state index contributed by atoms with van der Waals surface area (Å²) in [6, 6.07) is 13.4. The highest BCUT2D eigenvalue weighted by atomic mass is 16.3. The maximum absolute atomic E-state index is 11.1. The second-order valence-corrected chi connectivity index (χ2v) is 7.82. The van der Waals surface area contributed by atoms with E-state index in [1.165, 1.54) is 17.5 Å². The maximum Gasteiger partial charge on any atom is 0.117 e. The Morgan fingerprint density at radius 2 is 2.08 bits per heavy atom. The first-order valence-corrected chi connectivity index (χ1v) is 9.32. The van der Waals surface area contributed by atoms with Gasteiger partial charge in [-0.2, -0.15) is 0 Å².